The molecule has 0 radical (unpaired) electrons. The molecule has 0 aliphatic rings. The minimum absolute atomic E-state index is 0.0522. The van der Waals surface area contributed by atoms with Crippen molar-refractivity contribution in [2.45, 2.75) is 38.6 Å². The van der Waals surface area contributed by atoms with Gasteiger partial charge in [0, 0.05) is 23.3 Å². The van der Waals surface area contributed by atoms with Crippen LogP contribution in [0, 0.1) is 0 Å². The fourth-order valence-electron chi connectivity index (χ4n) is 3.45. The van der Waals surface area contributed by atoms with Crippen LogP contribution in [0.1, 0.15) is 18.1 Å². The Morgan fingerprint density at radius 1 is 0.944 bits per heavy atom. The van der Waals surface area contributed by atoms with Gasteiger partial charge in [0.15, 0.2) is 6.10 Å². The molecule has 4 nitrogen and oxygen atoms in total. The van der Waals surface area contributed by atoms with E-state index >= 15 is 0 Å². The first-order chi connectivity index (χ1) is 17.0. The third kappa shape index (κ3) is 7.99. The van der Waals surface area contributed by atoms with Crippen LogP contribution in [-0.4, -0.2) is 37.0 Å². The summed E-state index contributed by atoms with van der Waals surface area (Å²) >= 11 is 6.15. The van der Waals surface area contributed by atoms with Crippen molar-refractivity contribution >= 4 is 17.3 Å². The van der Waals surface area contributed by atoms with E-state index in [-0.39, 0.29) is 12.3 Å². The van der Waals surface area contributed by atoms with Gasteiger partial charge in [-0.25, -0.2) is 8.78 Å². The van der Waals surface area contributed by atoms with Crippen molar-refractivity contribution in [2.24, 2.45) is 0 Å². The smallest absolute Gasteiger partial charge is 0.416 e. The minimum Gasteiger partial charge on any atom is -0.488 e. The second-order valence-corrected chi connectivity index (χ2v) is 8.40. The van der Waals surface area contributed by atoms with Crippen molar-refractivity contribution < 1.29 is 36.5 Å². The van der Waals surface area contributed by atoms with Crippen molar-refractivity contribution in [1.29, 1.82) is 0 Å². The number of aryl methyl sites for hydroxylation is 1. The number of hydrogen-bond acceptors (Lipinski definition) is 4. The molecular weight excluding hydrogens is 505 g/mol. The van der Waals surface area contributed by atoms with Crippen LogP contribution < -0.4 is 14.4 Å². The molecule has 3 aromatic rings. The topological polar surface area (TPSA) is 41.9 Å². The highest BCUT2D eigenvalue weighted by Crippen LogP contribution is 2.31. The van der Waals surface area contributed by atoms with E-state index in [0.29, 0.717) is 34.2 Å². The number of aliphatic hydroxyl groups excluding tert-OH is 1. The highest BCUT2D eigenvalue weighted by atomic mass is 35.5. The van der Waals surface area contributed by atoms with Gasteiger partial charge in [-0.15, -0.1) is 0 Å². The van der Waals surface area contributed by atoms with E-state index in [1.54, 1.807) is 54.6 Å². The maximum absolute atomic E-state index is 13.2. The lowest BCUT2D eigenvalue weighted by Crippen LogP contribution is -2.40. The summed E-state index contributed by atoms with van der Waals surface area (Å²) in [7, 11) is 0. The largest absolute Gasteiger partial charge is 0.488 e. The standard InChI is InChI=1S/C26H25ClF5NO3/c1-2-18-12-22(9-10-23(18)27)36-21-8-4-6-19(13-21)33(15-24(34)26(30,31)32)14-17-5-3-7-20(11-17)35-16-25(28)29/h3-13,24-25,34H,2,14-16H2,1H3/t24-/m1/s1. The molecule has 0 aliphatic heterocycles. The summed E-state index contributed by atoms with van der Waals surface area (Å²) in [6, 6.07) is 17.7. The maximum atomic E-state index is 13.2. The Balaban J connectivity index is 1.86. The SMILES string of the molecule is CCc1cc(Oc2cccc(N(Cc3cccc(OCC(F)F)c3)C[C@@H](O)C(F)(F)F)c2)ccc1Cl. The molecule has 0 unspecified atom stereocenters. The fraction of sp³-hybridized carbons (Fsp3) is 0.308. The zero-order valence-electron chi connectivity index (χ0n) is 19.3. The Morgan fingerprint density at radius 2 is 1.64 bits per heavy atom. The lowest BCUT2D eigenvalue weighted by Gasteiger charge is -2.29. The van der Waals surface area contributed by atoms with Crippen LogP contribution in [0.25, 0.3) is 0 Å². The van der Waals surface area contributed by atoms with Crippen LogP contribution in [0.5, 0.6) is 17.2 Å². The first-order valence-electron chi connectivity index (χ1n) is 11.1. The Hall–Kier alpha value is -3.04. The Bertz CT molecular complexity index is 1140. The minimum atomic E-state index is -4.82. The molecule has 194 valence electrons. The van der Waals surface area contributed by atoms with Crippen LogP contribution in [0.2, 0.25) is 5.02 Å². The second kappa shape index (κ2) is 12.3. The molecule has 0 aromatic heterocycles. The van der Waals surface area contributed by atoms with Gasteiger partial charge in [0.25, 0.3) is 6.43 Å². The molecule has 3 rings (SSSR count). The zero-order chi connectivity index (χ0) is 26.3. The van der Waals surface area contributed by atoms with Crippen LogP contribution >= 0.6 is 11.6 Å². The van der Waals surface area contributed by atoms with Gasteiger partial charge in [-0.1, -0.05) is 36.7 Å². The summed E-state index contributed by atoms with van der Waals surface area (Å²) < 4.78 is 75.4. The Morgan fingerprint density at radius 3 is 2.33 bits per heavy atom. The van der Waals surface area contributed by atoms with Crippen LogP contribution in [0.4, 0.5) is 27.6 Å². The van der Waals surface area contributed by atoms with Crippen molar-refractivity contribution in [3.05, 3.63) is 82.9 Å². The fourth-order valence-corrected chi connectivity index (χ4v) is 3.70. The third-order valence-electron chi connectivity index (χ3n) is 5.24. The predicted molar refractivity (Wildman–Crippen MR) is 128 cm³/mol. The molecule has 0 saturated heterocycles. The monoisotopic (exact) mass is 529 g/mol. The number of halogens is 6. The van der Waals surface area contributed by atoms with Crippen LogP contribution in [-0.2, 0) is 13.0 Å². The summed E-state index contributed by atoms with van der Waals surface area (Å²) in [5.41, 5.74) is 1.75. The molecule has 0 heterocycles. The molecule has 0 amide bonds. The van der Waals surface area contributed by atoms with Gasteiger partial charge in [-0.3, -0.25) is 0 Å². The molecule has 36 heavy (non-hydrogen) atoms. The Kier molecular flexibility index (Phi) is 9.39. The molecule has 1 N–H and O–H groups in total. The zero-order valence-corrected chi connectivity index (χ0v) is 20.1. The number of ether oxygens (including phenoxy) is 2. The highest BCUT2D eigenvalue weighted by molar-refractivity contribution is 6.31. The summed E-state index contributed by atoms with van der Waals surface area (Å²) in [5.74, 6) is 1.05. The number of benzene rings is 3. The summed E-state index contributed by atoms with van der Waals surface area (Å²) in [5, 5.41) is 10.4. The maximum Gasteiger partial charge on any atom is 0.416 e. The first kappa shape index (κ1) is 27.5. The molecule has 0 saturated carbocycles. The number of aliphatic hydroxyl groups is 1. The van der Waals surface area contributed by atoms with Gasteiger partial charge >= 0.3 is 6.18 Å². The quantitative estimate of drug-likeness (QED) is 0.265. The van der Waals surface area contributed by atoms with Crippen molar-refractivity contribution in [3.8, 4) is 17.2 Å². The second-order valence-electron chi connectivity index (χ2n) is 7.99. The summed E-state index contributed by atoms with van der Waals surface area (Å²) in [6.45, 7) is 0.339. The van der Waals surface area contributed by atoms with E-state index < -0.39 is 31.9 Å². The van der Waals surface area contributed by atoms with E-state index in [9.17, 15) is 27.1 Å². The van der Waals surface area contributed by atoms with Gasteiger partial charge in [-0.05, 0) is 60.0 Å². The molecule has 10 heteroatoms. The van der Waals surface area contributed by atoms with E-state index in [1.807, 2.05) is 6.92 Å². The molecular formula is C26H25ClF5NO3. The van der Waals surface area contributed by atoms with Crippen molar-refractivity contribution in [3.63, 3.8) is 0 Å². The number of rotatable bonds is 11. The average molecular weight is 530 g/mol. The molecule has 0 bridgehead atoms. The van der Waals surface area contributed by atoms with Crippen LogP contribution in [0.3, 0.4) is 0 Å². The average Bonchev–Trinajstić information content (AvgIpc) is 2.83. The van der Waals surface area contributed by atoms with Gasteiger partial charge in [0.1, 0.15) is 23.9 Å². The third-order valence-corrected chi connectivity index (χ3v) is 5.60. The highest BCUT2D eigenvalue weighted by Gasteiger charge is 2.39. The molecule has 3 aromatic carbocycles. The number of alkyl halides is 5. The molecule has 0 spiro atoms. The number of anilines is 1. The summed E-state index contributed by atoms with van der Waals surface area (Å²) in [6.07, 6.45) is -9.40. The van der Waals surface area contributed by atoms with Gasteiger partial charge in [0.05, 0.1) is 6.54 Å². The molecule has 0 fully saturated rings. The molecule has 1 atom stereocenters. The van der Waals surface area contributed by atoms with Gasteiger partial charge in [-0.2, -0.15) is 13.2 Å². The van der Waals surface area contributed by atoms with Crippen molar-refractivity contribution in [2.75, 3.05) is 18.1 Å². The van der Waals surface area contributed by atoms with E-state index in [2.05, 4.69) is 0 Å². The van der Waals surface area contributed by atoms with E-state index in [0.717, 1.165) is 5.56 Å². The first-order valence-corrected chi connectivity index (χ1v) is 11.5. The lowest BCUT2D eigenvalue weighted by atomic mass is 10.1. The molecule has 0 aliphatic carbocycles. The summed E-state index contributed by atoms with van der Waals surface area (Å²) in [4.78, 5) is 1.33. The number of hydrogen-bond donors (Lipinski definition) is 1. The Labute approximate surface area is 210 Å². The van der Waals surface area contributed by atoms with Crippen molar-refractivity contribution in [1.82, 2.24) is 0 Å². The van der Waals surface area contributed by atoms with Gasteiger partial charge < -0.3 is 19.5 Å². The van der Waals surface area contributed by atoms with E-state index in [1.165, 1.54) is 17.0 Å². The predicted octanol–water partition coefficient (Wildman–Crippen LogP) is 7.27. The lowest BCUT2D eigenvalue weighted by molar-refractivity contribution is -0.200. The number of nitrogens with zero attached hydrogens (tertiary/aromatic N) is 1. The van der Waals surface area contributed by atoms with Crippen LogP contribution in [0.15, 0.2) is 66.7 Å². The van der Waals surface area contributed by atoms with Gasteiger partial charge in [0.2, 0.25) is 0 Å². The van der Waals surface area contributed by atoms with E-state index in [4.69, 9.17) is 21.1 Å². The normalized spacial score (nSPS) is 12.5.